The van der Waals surface area contributed by atoms with Gasteiger partial charge in [0.1, 0.15) is 0 Å². The zero-order valence-corrected chi connectivity index (χ0v) is 12.2. The summed E-state index contributed by atoms with van der Waals surface area (Å²) in [6.45, 7) is 2.80. The number of aliphatic hydroxyl groups excluding tert-OH is 1. The lowest BCUT2D eigenvalue weighted by Crippen LogP contribution is -2.38. The first-order chi connectivity index (χ1) is 9.81. The van der Waals surface area contributed by atoms with Gasteiger partial charge in [0, 0.05) is 24.6 Å². The van der Waals surface area contributed by atoms with Crippen molar-refractivity contribution in [1.82, 2.24) is 4.90 Å². The summed E-state index contributed by atoms with van der Waals surface area (Å²) in [5.74, 6) is 5.69. The second-order valence-electron chi connectivity index (χ2n) is 5.09. The Morgan fingerprint density at radius 2 is 2.00 bits per heavy atom. The smallest absolute Gasteiger partial charge is 0.395 e. The lowest BCUT2D eigenvalue weighted by atomic mass is 10.1. The minimum absolute atomic E-state index is 0.000595. The standard InChI is InChI=1S/C16H20F3NO/c1-13(2)20(12-16(17,18)19)11-15-8-5-7-14(10-15)6-3-4-9-21/h5,7-8,10,13,21H,4,9,11-12H2,1-2H3. The number of aliphatic hydroxyl groups is 1. The van der Waals surface area contributed by atoms with Crippen molar-refractivity contribution < 1.29 is 18.3 Å². The molecule has 1 N–H and O–H groups in total. The normalized spacial score (nSPS) is 11.6. The summed E-state index contributed by atoms with van der Waals surface area (Å²) in [6.07, 6.45) is -3.82. The van der Waals surface area contributed by atoms with Gasteiger partial charge in [-0.15, -0.1) is 0 Å². The van der Waals surface area contributed by atoms with Crippen molar-refractivity contribution in [2.75, 3.05) is 13.2 Å². The molecule has 0 amide bonds. The molecule has 2 nitrogen and oxygen atoms in total. The maximum atomic E-state index is 12.6. The van der Waals surface area contributed by atoms with Crippen LogP contribution in [0.3, 0.4) is 0 Å². The van der Waals surface area contributed by atoms with Gasteiger partial charge in [0.15, 0.2) is 0 Å². The Labute approximate surface area is 123 Å². The number of benzene rings is 1. The second-order valence-corrected chi connectivity index (χ2v) is 5.09. The quantitative estimate of drug-likeness (QED) is 0.844. The maximum Gasteiger partial charge on any atom is 0.401 e. The molecule has 1 rings (SSSR count). The fourth-order valence-electron chi connectivity index (χ4n) is 1.85. The van der Waals surface area contributed by atoms with E-state index in [1.54, 1.807) is 38.1 Å². The molecule has 0 aliphatic rings. The van der Waals surface area contributed by atoms with Crippen LogP contribution in [0.4, 0.5) is 13.2 Å². The molecule has 0 aliphatic heterocycles. The van der Waals surface area contributed by atoms with Crippen molar-refractivity contribution in [2.45, 2.75) is 39.0 Å². The van der Waals surface area contributed by atoms with E-state index in [9.17, 15) is 13.2 Å². The van der Waals surface area contributed by atoms with Crippen LogP contribution in [-0.2, 0) is 6.54 Å². The summed E-state index contributed by atoms with van der Waals surface area (Å²) in [4.78, 5) is 1.38. The minimum Gasteiger partial charge on any atom is -0.395 e. The van der Waals surface area contributed by atoms with E-state index in [-0.39, 0.29) is 19.2 Å². The van der Waals surface area contributed by atoms with Crippen LogP contribution >= 0.6 is 0 Å². The first-order valence-corrected chi connectivity index (χ1v) is 6.81. The van der Waals surface area contributed by atoms with E-state index in [4.69, 9.17) is 5.11 Å². The number of rotatable bonds is 5. The van der Waals surface area contributed by atoms with Gasteiger partial charge in [-0.3, -0.25) is 4.90 Å². The molecule has 0 aliphatic carbocycles. The van der Waals surface area contributed by atoms with Gasteiger partial charge in [-0.05, 0) is 31.5 Å². The van der Waals surface area contributed by atoms with Crippen LogP contribution < -0.4 is 0 Å². The molecule has 21 heavy (non-hydrogen) atoms. The van der Waals surface area contributed by atoms with Gasteiger partial charge in [-0.25, -0.2) is 0 Å². The molecule has 0 fully saturated rings. The molecule has 0 radical (unpaired) electrons. The third-order valence-corrected chi connectivity index (χ3v) is 2.89. The predicted molar refractivity (Wildman–Crippen MR) is 76.6 cm³/mol. The lowest BCUT2D eigenvalue weighted by Gasteiger charge is -2.27. The van der Waals surface area contributed by atoms with Crippen LogP contribution in [0.2, 0.25) is 0 Å². The molecular formula is C16H20F3NO. The average molecular weight is 299 g/mol. The number of hydrogen-bond donors (Lipinski definition) is 1. The molecule has 116 valence electrons. The third-order valence-electron chi connectivity index (χ3n) is 2.89. The van der Waals surface area contributed by atoms with Crippen LogP contribution in [0.5, 0.6) is 0 Å². The van der Waals surface area contributed by atoms with E-state index in [0.29, 0.717) is 6.42 Å². The van der Waals surface area contributed by atoms with Gasteiger partial charge < -0.3 is 5.11 Å². The van der Waals surface area contributed by atoms with Gasteiger partial charge >= 0.3 is 6.18 Å². The first kappa shape index (κ1) is 17.5. The fourth-order valence-corrected chi connectivity index (χ4v) is 1.85. The summed E-state index contributed by atoms with van der Waals surface area (Å²) < 4.78 is 37.7. The van der Waals surface area contributed by atoms with Gasteiger partial charge in [0.2, 0.25) is 0 Å². The van der Waals surface area contributed by atoms with Crippen molar-refractivity contribution in [1.29, 1.82) is 0 Å². The van der Waals surface area contributed by atoms with E-state index in [1.807, 2.05) is 0 Å². The van der Waals surface area contributed by atoms with Crippen molar-refractivity contribution in [3.8, 4) is 11.8 Å². The highest BCUT2D eigenvalue weighted by Crippen LogP contribution is 2.20. The zero-order chi connectivity index (χ0) is 15.9. The summed E-state index contributed by atoms with van der Waals surface area (Å²) in [6, 6.07) is 6.97. The minimum atomic E-state index is -4.21. The Kier molecular flexibility index (Phi) is 6.73. The third kappa shape index (κ3) is 7.16. The van der Waals surface area contributed by atoms with Gasteiger partial charge in [0.25, 0.3) is 0 Å². The number of alkyl halides is 3. The molecule has 5 heteroatoms. The summed E-state index contributed by atoms with van der Waals surface area (Å²) in [5, 5.41) is 8.67. The van der Waals surface area contributed by atoms with Crippen LogP contribution in [0, 0.1) is 11.8 Å². The summed E-state index contributed by atoms with van der Waals surface area (Å²) >= 11 is 0. The van der Waals surface area contributed by atoms with E-state index < -0.39 is 12.7 Å². The number of hydrogen-bond acceptors (Lipinski definition) is 2. The molecule has 1 aromatic carbocycles. The van der Waals surface area contributed by atoms with Gasteiger partial charge in [-0.2, -0.15) is 13.2 Å². The Hall–Kier alpha value is -1.51. The van der Waals surface area contributed by atoms with Crippen molar-refractivity contribution in [2.24, 2.45) is 0 Å². The average Bonchev–Trinajstić information content (AvgIpc) is 2.37. The van der Waals surface area contributed by atoms with Gasteiger partial charge in [0.05, 0.1) is 13.2 Å². The van der Waals surface area contributed by atoms with Crippen LogP contribution in [0.25, 0.3) is 0 Å². The number of nitrogens with zero attached hydrogens (tertiary/aromatic N) is 1. The molecule has 1 aromatic rings. The monoisotopic (exact) mass is 299 g/mol. The first-order valence-electron chi connectivity index (χ1n) is 6.81. The topological polar surface area (TPSA) is 23.5 Å². The van der Waals surface area contributed by atoms with Crippen LogP contribution in [0.1, 0.15) is 31.4 Å². The highest BCUT2D eigenvalue weighted by Gasteiger charge is 2.31. The zero-order valence-electron chi connectivity index (χ0n) is 12.2. The second kappa shape index (κ2) is 8.06. The Morgan fingerprint density at radius 1 is 1.29 bits per heavy atom. The molecule has 0 atom stereocenters. The summed E-state index contributed by atoms with van der Waals surface area (Å²) in [5.41, 5.74) is 1.54. The molecule has 0 spiro atoms. The fraction of sp³-hybridized carbons (Fsp3) is 0.500. The molecular weight excluding hydrogens is 279 g/mol. The van der Waals surface area contributed by atoms with E-state index in [1.165, 1.54) is 4.90 Å². The van der Waals surface area contributed by atoms with Crippen molar-refractivity contribution in [3.05, 3.63) is 35.4 Å². The van der Waals surface area contributed by atoms with Crippen LogP contribution in [-0.4, -0.2) is 35.4 Å². The number of halogens is 3. The Bertz CT molecular complexity index is 500. The van der Waals surface area contributed by atoms with E-state index in [0.717, 1.165) is 11.1 Å². The highest BCUT2D eigenvalue weighted by atomic mass is 19.4. The van der Waals surface area contributed by atoms with Crippen molar-refractivity contribution >= 4 is 0 Å². The molecule has 0 bridgehead atoms. The molecule has 0 aromatic heterocycles. The SMILES string of the molecule is CC(C)N(Cc1cccc(C#CCCO)c1)CC(F)(F)F. The molecule has 0 heterocycles. The van der Waals surface area contributed by atoms with E-state index >= 15 is 0 Å². The van der Waals surface area contributed by atoms with Crippen LogP contribution in [0.15, 0.2) is 24.3 Å². The summed E-state index contributed by atoms with van der Waals surface area (Å²) in [7, 11) is 0. The van der Waals surface area contributed by atoms with E-state index in [2.05, 4.69) is 11.8 Å². The highest BCUT2D eigenvalue weighted by molar-refractivity contribution is 5.37. The molecule has 0 saturated carbocycles. The van der Waals surface area contributed by atoms with Gasteiger partial charge in [-0.1, -0.05) is 24.0 Å². The molecule has 0 saturated heterocycles. The predicted octanol–water partition coefficient (Wildman–Crippen LogP) is 3.19. The maximum absolute atomic E-state index is 12.6. The lowest BCUT2D eigenvalue weighted by molar-refractivity contribution is -0.150. The van der Waals surface area contributed by atoms with Crippen molar-refractivity contribution in [3.63, 3.8) is 0 Å². The Morgan fingerprint density at radius 3 is 2.57 bits per heavy atom. The molecule has 0 unspecified atom stereocenters. The Balaban J connectivity index is 2.80. The largest absolute Gasteiger partial charge is 0.401 e.